The zero-order valence-corrected chi connectivity index (χ0v) is 12.3. The van der Waals surface area contributed by atoms with E-state index < -0.39 is 0 Å². The van der Waals surface area contributed by atoms with Crippen LogP contribution in [0, 0.1) is 11.5 Å². The summed E-state index contributed by atoms with van der Waals surface area (Å²) < 4.78 is 0. The number of hydrogen-bond acceptors (Lipinski definition) is 4. The number of aliphatic imine (C=N–C) groups is 1. The average molecular weight is 276 g/mol. The van der Waals surface area contributed by atoms with Crippen LogP contribution in [-0.2, 0) is 6.54 Å². The molecule has 0 bridgehead atoms. The third kappa shape index (κ3) is 6.85. The van der Waals surface area contributed by atoms with Crippen LogP contribution < -0.4 is 5.32 Å². The summed E-state index contributed by atoms with van der Waals surface area (Å²) >= 11 is 1.46. The Hall–Kier alpha value is -1.51. The summed E-state index contributed by atoms with van der Waals surface area (Å²) in [6, 6.07) is 10.4. The molecule has 4 nitrogen and oxygen atoms in total. The third-order valence-corrected chi connectivity index (χ3v) is 3.22. The van der Waals surface area contributed by atoms with Crippen molar-refractivity contribution in [1.29, 1.82) is 5.26 Å². The van der Waals surface area contributed by atoms with Crippen LogP contribution in [0.15, 0.2) is 35.3 Å². The fourth-order valence-electron chi connectivity index (χ4n) is 1.70. The van der Waals surface area contributed by atoms with E-state index >= 15 is 0 Å². The minimum absolute atomic E-state index is 0.688. The molecule has 0 atom stereocenters. The smallest absolute Gasteiger partial charge is 0.183 e. The highest BCUT2D eigenvalue weighted by Gasteiger charge is 2.00. The molecule has 0 aliphatic heterocycles. The van der Waals surface area contributed by atoms with Crippen molar-refractivity contribution in [3.8, 4) is 6.19 Å². The van der Waals surface area contributed by atoms with Crippen LogP contribution >= 0.6 is 11.8 Å². The van der Waals surface area contributed by atoms with Crippen LogP contribution in [0.2, 0.25) is 0 Å². The second-order valence-corrected chi connectivity index (χ2v) is 5.00. The van der Waals surface area contributed by atoms with Gasteiger partial charge in [0, 0.05) is 13.1 Å². The molecule has 1 N–H and O–H groups in total. The molecule has 102 valence electrons. The third-order valence-electron chi connectivity index (χ3n) is 2.60. The van der Waals surface area contributed by atoms with Crippen molar-refractivity contribution in [1.82, 2.24) is 10.2 Å². The predicted molar refractivity (Wildman–Crippen MR) is 82.0 cm³/mol. The molecular weight excluding hydrogens is 256 g/mol. The lowest BCUT2D eigenvalue weighted by Gasteiger charge is -2.15. The second kappa shape index (κ2) is 9.42. The number of nitrogens with one attached hydrogen (secondary N) is 1. The number of thioether (sulfide) groups is 1. The lowest BCUT2D eigenvalue weighted by Crippen LogP contribution is -2.20. The van der Waals surface area contributed by atoms with Crippen LogP contribution in [0.25, 0.3) is 0 Å². The molecule has 0 saturated carbocycles. The quantitative estimate of drug-likeness (QED) is 0.285. The molecule has 0 heterocycles. The van der Waals surface area contributed by atoms with E-state index in [4.69, 9.17) is 5.26 Å². The molecule has 0 aliphatic carbocycles. The number of benzene rings is 1. The first-order valence-corrected chi connectivity index (χ1v) is 7.44. The van der Waals surface area contributed by atoms with Gasteiger partial charge in [-0.15, -0.1) is 0 Å². The van der Waals surface area contributed by atoms with Gasteiger partial charge in [0.25, 0.3) is 0 Å². The summed E-state index contributed by atoms with van der Waals surface area (Å²) in [7, 11) is 2.11. The summed E-state index contributed by atoms with van der Waals surface area (Å²) in [6.07, 6.45) is 4.78. The molecule has 0 fully saturated rings. The Labute approximate surface area is 119 Å². The van der Waals surface area contributed by atoms with Crippen LogP contribution in [0.3, 0.4) is 0 Å². The van der Waals surface area contributed by atoms with Gasteiger partial charge in [0.2, 0.25) is 0 Å². The van der Waals surface area contributed by atoms with Gasteiger partial charge in [-0.05, 0) is 31.8 Å². The maximum absolute atomic E-state index is 8.51. The maximum Gasteiger partial charge on any atom is 0.183 e. The first-order valence-electron chi connectivity index (χ1n) is 6.22. The van der Waals surface area contributed by atoms with Crippen molar-refractivity contribution < 1.29 is 0 Å². The van der Waals surface area contributed by atoms with Crippen LogP contribution in [0.1, 0.15) is 12.0 Å². The molecule has 19 heavy (non-hydrogen) atoms. The van der Waals surface area contributed by atoms with E-state index in [9.17, 15) is 0 Å². The molecule has 0 radical (unpaired) electrons. The molecule has 5 heteroatoms. The highest BCUT2D eigenvalue weighted by Crippen LogP contribution is 2.03. The van der Waals surface area contributed by atoms with Crippen molar-refractivity contribution >= 4 is 16.9 Å². The first-order chi connectivity index (χ1) is 9.26. The number of nitrogens with zero attached hydrogens (tertiary/aromatic N) is 3. The van der Waals surface area contributed by atoms with Crippen molar-refractivity contribution in [2.45, 2.75) is 13.0 Å². The summed E-state index contributed by atoms with van der Waals surface area (Å²) in [5.41, 5.74) is 1.32. The van der Waals surface area contributed by atoms with Gasteiger partial charge in [0.15, 0.2) is 11.4 Å². The normalized spacial score (nSPS) is 11.4. The molecule has 1 rings (SSSR count). The van der Waals surface area contributed by atoms with E-state index in [1.165, 1.54) is 17.3 Å². The van der Waals surface area contributed by atoms with Crippen LogP contribution in [0.5, 0.6) is 0 Å². The first kappa shape index (κ1) is 15.5. The van der Waals surface area contributed by atoms with Crippen molar-refractivity contribution in [3.63, 3.8) is 0 Å². The Morgan fingerprint density at radius 3 is 2.79 bits per heavy atom. The van der Waals surface area contributed by atoms with Gasteiger partial charge in [0.1, 0.15) is 0 Å². The zero-order valence-electron chi connectivity index (χ0n) is 11.5. The average Bonchev–Trinajstić information content (AvgIpc) is 2.43. The van der Waals surface area contributed by atoms with E-state index in [1.807, 2.05) is 18.5 Å². The van der Waals surface area contributed by atoms with Gasteiger partial charge in [0.05, 0.1) is 0 Å². The van der Waals surface area contributed by atoms with Gasteiger partial charge < -0.3 is 4.90 Å². The molecule has 0 saturated heterocycles. The molecule has 1 aromatic carbocycles. The fourth-order valence-corrected chi connectivity index (χ4v) is 2.07. The topological polar surface area (TPSA) is 51.4 Å². The van der Waals surface area contributed by atoms with E-state index in [0.29, 0.717) is 5.17 Å². The Morgan fingerprint density at radius 1 is 1.42 bits per heavy atom. The van der Waals surface area contributed by atoms with Gasteiger partial charge >= 0.3 is 0 Å². The SMILES string of the molecule is CSC(=NCCCN(C)Cc1ccccc1)NC#N. The minimum Gasteiger partial charge on any atom is -0.302 e. The van der Waals surface area contributed by atoms with Crippen LogP contribution in [0.4, 0.5) is 0 Å². The van der Waals surface area contributed by atoms with E-state index in [-0.39, 0.29) is 0 Å². The van der Waals surface area contributed by atoms with Gasteiger partial charge in [-0.3, -0.25) is 10.3 Å². The minimum atomic E-state index is 0.688. The van der Waals surface area contributed by atoms with Crippen molar-refractivity contribution in [2.24, 2.45) is 4.99 Å². The summed E-state index contributed by atoms with van der Waals surface area (Å²) in [5, 5.41) is 11.8. The Kier molecular flexibility index (Phi) is 7.71. The van der Waals surface area contributed by atoms with Crippen LogP contribution in [-0.4, -0.2) is 36.5 Å². The number of nitriles is 1. The Morgan fingerprint density at radius 2 is 2.16 bits per heavy atom. The van der Waals surface area contributed by atoms with Crippen molar-refractivity contribution in [3.05, 3.63) is 35.9 Å². The number of hydrogen-bond donors (Lipinski definition) is 1. The predicted octanol–water partition coefficient (Wildman–Crippen LogP) is 2.30. The lowest BCUT2D eigenvalue weighted by molar-refractivity contribution is 0.324. The molecule has 0 aliphatic rings. The van der Waals surface area contributed by atoms with Crippen molar-refractivity contribution in [2.75, 3.05) is 26.4 Å². The largest absolute Gasteiger partial charge is 0.302 e. The maximum atomic E-state index is 8.51. The summed E-state index contributed by atoms with van der Waals surface area (Å²) in [5.74, 6) is 0. The van der Waals surface area contributed by atoms with Gasteiger partial charge in [-0.2, -0.15) is 5.26 Å². The lowest BCUT2D eigenvalue weighted by atomic mass is 10.2. The summed E-state index contributed by atoms with van der Waals surface area (Å²) in [6.45, 7) is 2.69. The highest BCUT2D eigenvalue weighted by atomic mass is 32.2. The van der Waals surface area contributed by atoms with E-state index in [1.54, 1.807) is 0 Å². The molecular formula is C14H20N4S. The highest BCUT2D eigenvalue weighted by molar-refractivity contribution is 8.13. The molecule has 1 aromatic rings. The van der Waals surface area contributed by atoms with Gasteiger partial charge in [-0.1, -0.05) is 42.1 Å². The molecule has 0 amide bonds. The standard InChI is InChI=1S/C14H20N4S/c1-18(11-13-7-4-3-5-8-13)10-6-9-16-14(19-2)17-12-15/h3-5,7-8H,6,9-11H2,1-2H3,(H,16,17). The Balaban J connectivity index is 2.24. The second-order valence-electron chi connectivity index (χ2n) is 4.20. The molecule has 0 aromatic heterocycles. The van der Waals surface area contributed by atoms with Gasteiger partial charge in [-0.25, -0.2) is 0 Å². The molecule has 0 spiro atoms. The zero-order chi connectivity index (χ0) is 13.9. The summed E-state index contributed by atoms with van der Waals surface area (Å²) in [4.78, 5) is 6.61. The van der Waals surface area contributed by atoms with E-state index in [2.05, 4.69) is 46.5 Å². The Bertz CT molecular complexity index is 425. The number of rotatable bonds is 6. The fraction of sp³-hybridized carbons (Fsp3) is 0.429. The van der Waals surface area contributed by atoms with E-state index in [0.717, 1.165) is 26.1 Å². The molecule has 0 unspecified atom stereocenters. The number of amidine groups is 1. The monoisotopic (exact) mass is 276 g/mol.